The fourth-order valence-corrected chi connectivity index (χ4v) is 6.79. The Balaban J connectivity index is 1.44. The summed E-state index contributed by atoms with van der Waals surface area (Å²) in [5.41, 5.74) is 10.9. The molecule has 4 heterocycles. The number of aromatic nitrogens is 1. The van der Waals surface area contributed by atoms with Crippen molar-refractivity contribution in [2.24, 2.45) is 5.92 Å². The van der Waals surface area contributed by atoms with Crippen molar-refractivity contribution in [2.75, 3.05) is 9.80 Å². The highest BCUT2D eigenvalue weighted by atomic mass is 15.3. The second-order valence-electron chi connectivity index (χ2n) is 11.5. The van der Waals surface area contributed by atoms with E-state index in [1.54, 1.807) is 0 Å². The number of allylic oxidation sites excluding steroid dienone is 7. The highest BCUT2D eigenvalue weighted by Crippen LogP contribution is 2.47. The van der Waals surface area contributed by atoms with Crippen LogP contribution in [0.5, 0.6) is 0 Å². The molecule has 0 amide bonds. The van der Waals surface area contributed by atoms with Gasteiger partial charge in [-0.1, -0.05) is 57.2 Å². The van der Waals surface area contributed by atoms with Crippen molar-refractivity contribution in [3.05, 3.63) is 125 Å². The van der Waals surface area contributed by atoms with E-state index in [-0.39, 0.29) is 6.04 Å². The molecule has 1 N–H and O–H groups in total. The maximum absolute atomic E-state index is 5.00. The number of hydrogen-bond donors (Lipinski definition) is 1. The van der Waals surface area contributed by atoms with Crippen molar-refractivity contribution in [2.45, 2.75) is 64.5 Å². The molecule has 5 aliphatic rings. The number of para-hydroxylation sites is 1. The second-order valence-corrected chi connectivity index (χ2v) is 11.5. The predicted octanol–water partition coefficient (Wildman–Crippen LogP) is 7.50. The first-order valence-corrected chi connectivity index (χ1v) is 14.2. The van der Waals surface area contributed by atoms with Crippen LogP contribution in [-0.4, -0.2) is 17.1 Å². The topological polar surface area (TPSA) is 31.4 Å². The van der Waals surface area contributed by atoms with Crippen LogP contribution in [0.1, 0.15) is 57.9 Å². The lowest BCUT2D eigenvalue weighted by Crippen LogP contribution is -2.49. The summed E-state index contributed by atoms with van der Waals surface area (Å²) < 4.78 is 0. The van der Waals surface area contributed by atoms with Crippen LogP contribution in [0.4, 0.5) is 11.5 Å². The van der Waals surface area contributed by atoms with Crippen molar-refractivity contribution in [3.8, 4) is 0 Å². The van der Waals surface area contributed by atoms with E-state index >= 15 is 0 Å². The second kappa shape index (κ2) is 9.20. The third-order valence-electron chi connectivity index (χ3n) is 8.76. The molecule has 4 nitrogen and oxygen atoms in total. The number of fused-ring (bicyclic) bond motifs is 3. The van der Waals surface area contributed by atoms with Crippen LogP contribution in [0.25, 0.3) is 0 Å². The highest BCUT2D eigenvalue weighted by Gasteiger charge is 2.42. The van der Waals surface area contributed by atoms with Crippen LogP contribution < -0.4 is 15.1 Å². The number of nitrogens with one attached hydrogen (secondary N) is 1. The zero-order valence-electron chi connectivity index (χ0n) is 22.6. The summed E-state index contributed by atoms with van der Waals surface area (Å²) in [6.07, 6.45) is 20.2. The average molecular weight is 501 g/mol. The van der Waals surface area contributed by atoms with E-state index in [1.807, 2.05) is 6.20 Å². The van der Waals surface area contributed by atoms with Gasteiger partial charge >= 0.3 is 0 Å². The summed E-state index contributed by atoms with van der Waals surface area (Å²) in [7, 11) is 0. The summed E-state index contributed by atoms with van der Waals surface area (Å²) in [6.45, 7) is 6.92. The lowest BCUT2D eigenvalue weighted by atomic mass is 9.80. The van der Waals surface area contributed by atoms with Gasteiger partial charge in [-0.2, -0.15) is 0 Å². The maximum Gasteiger partial charge on any atom is 0.137 e. The summed E-state index contributed by atoms with van der Waals surface area (Å²) in [6, 6.07) is 15.8. The molecule has 3 unspecified atom stereocenters. The van der Waals surface area contributed by atoms with Gasteiger partial charge in [0.05, 0.1) is 29.2 Å². The third kappa shape index (κ3) is 3.69. The highest BCUT2D eigenvalue weighted by molar-refractivity contribution is 5.71. The molecule has 7 rings (SSSR count). The van der Waals surface area contributed by atoms with Gasteiger partial charge in [-0.3, -0.25) is 4.90 Å². The molecule has 3 aliphatic heterocycles. The molecule has 4 heteroatoms. The van der Waals surface area contributed by atoms with E-state index in [0.717, 1.165) is 31.5 Å². The van der Waals surface area contributed by atoms with E-state index in [9.17, 15) is 0 Å². The number of rotatable bonds is 3. The molecule has 192 valence electrons. The van der Waals surface area contributed by atoms with Crippen molar-refractivity contribution < 1.29 is 0 Å². The minimum atomic E-state index is 0.267. The minimum Gasteiger partial charge on any atom is -0.375 e. The van der Waals surface area contributed by atoms with E-state index in [0.29, 0.717) is 17.9 Å². The average Bonchev–Trinajstić information content (AvgIpc) is 3.31. The van der Waals surface area contributed by atoms with E-state index < -0.39 is 0 Å². The smallest absolute Gasteiger partial charge is 0.137 e. The zero-order valence-corrected chi connectivity index (χ0v) is 22.6. The molecular formula is C34H36N4. The van der Waals surface area contributed by atoms with E-state index in [2.05, 4.69) is 115 Å². The van der Waals surface area contributed by atoms with Crippen LogP contribution in [0, 0.1) is 5.92 Å². The minimum absolute atomic E-state index is 0.267. The Morgan fingerprint density at radius 3 is 2.76 bits per heavy atom. The van der Waals surface area contributed by atoms with Gasteiger partial charge in [0.2, 0.25) is 0 Å². The monoisotopic (exact) mass is 500 g/mol. The first-order chi connectivity index (χ1) is 18.6. The molecule has 3 atom stereocenters. The number of nitrogens with zero attached hydrogens (tertiary/aromatic N) is 3. The Labute approximate surface area is 226 Å². The van der Waals surface area contributed by atoms with Crippen LogP contribution in [0.15, 0.2) is 119 Å². The fourth-order valence-electron chi connectivity index (χ4n) is 6.79. The summed E-state index contributed by atoms with van der Waals surface area (Å²) in [5.74, 6) is 1.94. The summed E-state index contributed by atoms with van der Waals surface area (Å²) >= 11 is 0. The number of pyridine rings is 1. The molecule has 0 bridgehead atoms. The zero-order chi connectivity index (χ0) is 25.8. The van der Waals surface area contributed by atoms with E-state index in [4.69, 9.17) is 4.98 Å². The van der Waals surface area contributed by atoms with Crippen LogP contribution in [0.3, 0.4) is 0 Å². The van der Waals surface area contributed by atoms with Crippen molar-refractivity contribution in [1.82, 2.24) is 10.3 Å². The Morgan fingerprint density at radius 2 is 1.92 bits per heavy atom. The summed E-state index contributed by atoms with van der Waals surface area (Å²) in [4.78, 5) is 9.95. The van der Waals surface area contributed by atoms with Crippen LogP contribution >= 0.6 is 0 Å². The van der Waals surface area contributed by atoms with Gasteiger partial charge in [-0.05, 0) is 89.8 Å². The predicted molar refractivity (Wildman–Crippen MR) is 157 cm³/mol. The number of anilines is 2. The fraction of sp³-hybridized carbons (Fsp3) is 0.324. The lowest BCUT2D eigenvalue weighted by Gasteiger charge is -2.41. The van der Waals surface area contributed by atoms with Gasteiger partial charge in [0, 0.05) is 24.5 Å². The molecule has 2 aliphatic carbocycles. The maximum atomic E-state index is 5.00. The molecule has 38 heavy (non-hydrogen) atoms. The van der Waals surface area contributed by atoms with E-state index in [1.165, 1.54) is 45.1 Å². The number of benzene rings is 1. The first kappa shape index (κ1) is 23.3. The lowest BCUT2D eigenvalue weighted by molar-refractivity contribution is 0.493. The van der Waals surface area contributed by atoms with Crippen LogP contribution in [-0.2, 0) is 0 Å². The molecular weight excluding hydrogens is 464 g/mol. The Morgan fingerprint density at radius 1 is 1.05 bits per heavy atom. The standard InChI is InChI=1S/C34H36N4/c1-22(2)24-16-18-35-32(20-24)38-29-15-8-7-13-26(29)27-14-9-10-23(3)33(27)34-31(38)21-30-28(36-34)17-19-37(30)25-11-5-4-6-12-25/h4-6,8-9,11-12,14-20,22-23,28,30,36H,7,10,13,21H2,1-3H3. The molecule has 1 aromatic heterocycles. The van der Waals surface area contributed by atoms with Gasteiger partial charge in [-0.25, -0.2) is 4.98 Å². The van der Waals surface area contributed by atoms with Gasteiger partial charge < -0.3 is 10.2 Å². The van der Waals surface area contributed by atoms with Crippen molar-refractivity contribution in [3.63, 3.8) is 0 Å². The molecule has 0 saturated carbocycles. The Bertz CT molecular complexity index is 1450. The van der Waals surface area contributed by atoms with Crippen molar-refractivity contribution in [1.29, 1.82) is 0 Å². The summed E-state index contributed by atoms with van der Waals surface area (Å²) in [5, 5.41) is 4.07. The molecule has 0 radical (unpaired) electrons. The molecule has 1 aromatic carbocycles. The van der Waals surface area contributed by atoms with Gasteiger partial charge in [-0.15, -0.1) is 0 Å². The Kier molecular flexibility index (Phi) is 5.65. The van der Waals surface area contributed by atoms with Gasteiger partial charge in [0.1, 0.15) is 5.82 Å². The normalized spacial score (nSPS) is 25.8. The SMILES string of the molecule is CC1CC=CC2=C1C1=C(CC3C(C=CN3c3ccccc3)N1)N(c1cc(C(C)C)ccn1)C1=C2CCC=C1. The Hall–Kier alpha value is -3.79. The first-order valence-electron chi connectivity index (χ1n) is 14.2. The third-order valence-corrected chi connectivity index (χ3v) is 8.76. The quantitative estimate of drug-likeness (QED) is 0.473. The number of hydrogen-bond acceptors (Lipinski definition) is 4. The van der Waals surface area contributed by atoms with Crippen molar-refractivity contribution >= 4 is 11.5 Å². The van der Waals surface area contributed by atoms with Crippen LogP contribution in [0.2, 0.25) is 0 Å². The molecule has 2 aromatic rings. The largest absolute Gasteiger partial charge is 0.375 e. The van der Waals surface area contributed by atoms with Gasteiger partial charge in [0.15, 0.2) is 0 Å². The molecule has 0 fully saturated rings. The molecule has 0 spiro atoms. The van der Waals surface area contributed by atoms with Gasteiger partial charge in [0.25, 0.3) is 0 Å². The molecule has 0 saturated heterocycles.